The number of hydrogen-bond acceptors (Lipinski definition) is 3. The summed E-state index contributed by atoms with van der Waals surface area (Å²) >= 11 is 0. The molecule has 2 rings (SSSR count). The van der Waals surface area contributed by atoms with Gasteiger partial charge in [-0.05, 0) is 44.9 Å². The van der Waals surface area contributed by atoms with Crippen LogP contribution in [0.25, 0.3) is 0 Å². The molecule has 112 valence electrons. The van der Waals surface area contributed by atoms with Crippen LogP contribution in [0.4, 0.5) is 5.69 Å². The number of rotatable bonds is 4. The van der Waals surface area contributed by atoms with Crippen molar-refractivity contribution in [3.8, 4) is 0 Å². The minimum atomic E-state index is -0.139. The Balaban J connectivity index is 2.07. The highest BCUT2D eigenvalue weighted by molar-refractivity contribution is 5.99. The Kier molecular flexibility index (Phi) is 4.31. The van der Waals surface area contributed by atoms with Gasteiger partial charge in [0.15, 0.2) is 0 Å². The van der Waals surface area contributed by atoms with Gasteiger partial charge < -0.3 is 11.1 Å². The molecule has 0 spiro atoms. The van der Waals surface area contributed by atoms with E-state index in [0.717, 1.165) is 17.8 Å². The van der Waals surface area contributed by atoms with Gasteiger partial charge in [-0.3, -0.25) is 9.48 Å². The zero-order valence-electron chi connectivity index (χ0n) is 13.0. The van der Waals surface area contributed by atoms with E-state index in [-0.39, 0.29) is 11.9 Å². The average molecular weight is 286 g/mol. The van der Waals surface area contributed by atoms with Crippen LogP contribution in [0.1, 0.15) is 34.2 Å². The van der Waals surface area contributed by atoms with Crippen molar-refractivity contribution in [1.82, 2.24) is 15.1 Å². The first-order valence-corrected chi connectivity index (χ1v) is 7.04. The van der Waals surface area contributed by atoms with E-state index < -0.39 is 0 Å². The van der Waals surface area contributed by atoms with E-state index in [1.54, 1.807) is 12.1 Å². The molecule has 0 saturated heterocycles. The number of nitrogens with one attached hydrogen (secondary N) is 1. The summed E-state index contributed by atoms with van der Waals surface area (Å²) in [5, 5.41) is 7.39. The van der Waals surface area contributed by atoms with E-state index in [4.69, 9.17) is 5.73 Å². The number of benzene rings is 1. The fraction of sp³-hybridized carbons (Fsp3) is 0.375. The number of amides is 1. The molecule has 1 aromatic heterocycles. The van der Waals surface area contributed by atoms with E-state index in [9.17, 15) is 4.79 Å². The highest BCUT2D eigenvalue weighted by atomic mass is 16.1. The van der Waals surface area contributed by atoms with Crippen LogP contribution in [-0.4, -0.2) is 21.7 Å². The summed E-state index contributed by atoms with van der Waals surface area (Å²) in [6.45, 7) is 6.02. The maximum absolute atomic E-state index is 12.2. The fourth-order valence-electron chi connectivity index (χ4n) is 2.48. The molecule has 1 aromatic carbocycles. The predicted molar refractivity (Wildman–Crippen MR) is 84.2 cm³/mol. The maximum Gasteiger partial charge on any atom is 0.253 e. The highest BCUT2D eigenvalue weighted by Gasteiger charge is 2.16. The van der Waals surface area contributed by atoms with Crippen LogP contribution in [0.15, 0.2) is 24.3 Å². The van der Waals surface area contributed by atoms with Crippen LogP contribution in [0, 0.1) is 13.8 Å². The monoisotopic (exact) mass is 286 g/mol. The molecular weight excluding hydrogens is 264 g/mol. The molecule has 1 heterocycles. The third-order valence-electron chi connectivity index (χ3n) is 3.75. The number of carbonyl (C=O) groups is 1. The molecule has 0 fully saturated rings. The maximum atomic E-state index is 12.2. The van der Waals surface area contributed by atoms with Crippen molar-refractivity contribution >= 4 is 11.6 Å². The summed E-state index contributed by atoms with van der Waals surface area (Å²) in [4.78, 5) is 12.2. The van der Waals surface area contributed by atoms with E-state index in [1.165, 1.54) is 5.56 Å². The lowest BCUT2D eigenvalue weighted by molar-refractivity contribution is 0.0941. The summed E-state index contributed by atoms with van der Waals surface area (Å²) in [6.07, 6.45) is 0.754. The Bertz CT molecular complexity index is 660. The van der Waals surface area contributed by atoms with Gasteiger partial charge in [0.1, 0.15) is 0 Å². The van der Waals surface area contributed by atoms with Crippen LogP contribution in [-0.2, 0) is 13.5 Å². The highest BCUT2D eigenvalue weighted by Crippen LogP contribution is 2.15. The third-order valence-corrected chi connectivity index (χ3v) is 3.75. The van der Waals surface area contributed by atoms with Crippen molar-refractivity contribution in [2.45, 2.75) is 33.2 Å². The van der Waals surface area contributed by atoms with Crippen LogP contribution >= 0.6 is 0 Å². The SMILES string of the molecule is Cc1nn(C)c(C)c1CC(C)NC(=O)c1ccccc1N. The fourth-order valence-corrected chi connectivity index (χ4v) is 2.48. The van der Waals surface area contributed by atoms with Crippen molar-refractivity contribution in [3.05, 3.63) is 46.8 Å². The van der Waals surface area contributed by atoms with E-state index in [2.05, 4.69) is 10.4 Å². The number of aromatic nitrogens is 2. The van der Waals surface area contributed by atoms with Gasteiger partial charge in [-0.25, -0.2) is 0 Å². The molecule has 3 N–H and O–H groups in total. The average Bonchev–Trinajstić information content (AvgIpc) is 2.65. The third kappa shape index (κ3) is 3.24. The molecule has 1 unspecified atom stereocenters. The minimum Gasteiger partial charge on any atom is -0.398 e. The zero-order chi connectivity index (χ0) is 15.6. The van der Waals surface area contributed by atoms with Crippen molar-refractivity contribution in [2.24, 2.45) is 7.05 Å². The van der Waals surface area contributed by atoms with Crippen molar-refractivity contribution in [1.29, 1.82) is 0 Å². The van der Waals surface area contributed by atoms with Crippen LogP contribution in [0.2, 0.25) is 0 Å². The van der Waals surface area contributed by atoms with Crippen LogP contribution in [0.5, 0.6) is 0 Å². The van der Waals surface area contributed by atoms with Gasteiger partial charge in [-0.2, -0.15) is 5.10 Å². The van der Waals surface area contributed by atoms with Gasteiger partial charge in [0.2, 0.25) is 0 Å². The topological polar surface area (TPSA) is 72.9 Å². The predicted octanol–water partition coefficient (Wildman–Crippen LogP) is 1.98. The smallest absolute Gasteiger partial charge is 0.253 e. The number of hydrogen-bond donors (Lipinski definition) is 2. The lowest BCUT2D eigenvalue weighted by Crippen LogP contribution is -2.34. The Hall–Kier alpha value is -2.30. The van der Waals surface area contributed by atoms with E-state index in [0.29, 0.717) is 11.3 Å². The van der Waals surface area contributed by atoms with Crippen LogP contribution in [0.3, 0.4) is 0 Å². The Labute approximate surface area is 125 Å². The molecule has 5 heteroatoms. The largest absolute Gasteiger partial charge is 0.398 e. The second-order valence-electron chi connectivity index (χ2n) is 5.44. The van der Waals surface area contributed by atoms with Gasteiger partial charge in [0.25, 0.3) is 5.91 Å². The van der Waals surface area contributed by atoms with E-state index in [1.807, 2.05) is 44.6 Å². The van der Waals surface area contributed by atoms with Crippen molar-refractivity contribution in [2.75, 3.05) is 5.73 Å². The summed E-state index contributed by atoms with van der Waals surface area (Å²) in [6, 6.07) is 7.11. The van der Waals surface area contributed by atoms with Gasteiger partial charge in [-0.15, -0.1) is 0 Å². The normalized spacial score (nSPS) is 12.2. The standard InChI is InChI=1S/C16H22N4O/c1-10(9-14-11(2)19-20(4)12(14)3)18-16(21)13-7-5-6-8-15(13)17/h5-8,10H,9,17H2,1-4H3,(H,18,21). The molecule has 0 aliphatic carbocycles. The van der Waals surface area contributed by atoms with Gasteiger partial charge >= 0.3 is 0 Å². The number of carbonyl (C=O) groups excluding carboxylic acids is 1. The molecular formula is C16H22N4O. The number of nitrogens with two attached hydrogens (primary N) is 1. The summed E-state index contributed by atoms with van der Waals surface area (Å²) in [5.41, 5.74) is 10.2. The summed E-state index contributed by atoms with van der Waals surface area (Å²) in [7, 11) is 1.93. The quantitative estimate of drug-likeness (QED) is 0.844. The molecule has 1 atom stereocenters. The lowest BCUT2D eigenvalue weighted by Gasteiger charge is -2.15. The number of para-hydroxylation sites is 1. The minimum absolute atomic E-state index is 0.0127. The first-order chi connectivity index (χ1) is 9.90. The molecule has 21 heavy (non-hydrogen) atoms. The Morgan fingerprint density at radius 1 is 1.38 bits per heavy atom. The second kappa shape index (κ2) is 5.99. The van der Waals surface area contributed by atoms with Crippen molar-refractivity contribution < 1.29 is 4.79 Å². The first-order valence-electron chi connectivity index (χ1n) is 7.04. The van der Waals surface area contributed by atoms with Gasteiger partial charge in [0.05, 0.1) is 11.3 Å². The molecule has 5 nitrogen and oxygen atoms in total. The second-order valence-corrected chi connectivity index (χ2v) is 5.44. The number of nitrogens with zero attached hydrogens (tertiary/aromatic N) is 2. The number of anilines is 1. The molecule has 0 bridgehead atoms. The first kappa shape index (κ1) is 15.1. The molecule has 0 aliphatic heterocycles. The van der Waals surface area contributed by atoms with Crippen LogP contribution < -0.4 is 11.1 Å². The summed E-state index contributed by atoms with van der Waals surface area (Å²) < 4.78 is 1.87. The lowest BCUT2D eigenvalue weighted by atomic mass is 10.0. The molecule has 0 aliphatic rings. The summed E-state index contributed by atoms with van der Waals surface area (Å²) in [5.74, 6) is -0.139. The van der Waals surface area contributed by atoms with E-state index >= 15 is 0 Å². The molecule has 0 saturated carbocycles. The zero-order valence-corrected chi connectivity index (χ0v) is 13.0. The molecule has 2 aromatic rings. The van der Waals surface area contributed by atoms with Crippen molar-refractivity contribution in [3.63, 3.8) is 0 Å². The number of aryl methyl sites for hydroxylation is 2. The Morgan fingerprint density at radius 2 is 2.05 bits per heavy atom. The Morgan fingerprint density at radius 3 is 2.62 bits per heavy atom. The molecule has 1 amide bonds. The van der Waals surface area contributed by atoms with Gasteiger partial charge in [-0.1, -0.05) is 12.1 Å². The number of nitrogen functional groups attached to an aromatic ring is 1. The van der Waals surface area contributed by atoms with Gasteiger partial charge in [0, 0.05) is 24.5 Å². The molecule has 0 radical (unpaired) electrons.